The monoisotopic (exact) mass is 803 g/mol. The number of phenolic OH excluding ortho intramolecular Hbond substituents is 1. The summed E-state index contributed by atoms with van der Waals surface area (Å²) in [6, 6.07) is 9.66. The second-order valence-corrected chi connectivity index (χ2v) is 14.7. The number of rotatable bonds is 17. The number of sulfone groups is 1. The molecule has 0 amide bonds. The predicted octanol–water partition coefficient (Wildman–Crippen LogP) is 6.42. The average molecular weight is 804 g/mol. The zero-order valence-corrected chi connectivity index (χ0v) is 29.5. The second kappa shape index (κ2) is 17.3. The molecule has 0 atom stereocenters. The van der Waals surface area contributed by atoms with E-state index in [1.807, 2.05) is 0 Å². The van der Waals surface area contributed by atoms with Gasteiger partial charge in [0.05, 0.1) is 57.9 Å². The van der Waals surface area contributed by atoms with E-state index in [-0.39, 0.29) is 51.5 Å². The largest absolute Gasteiger partial charge is 0.505 e. The lowest BCUT2D eigenvalue weighted by atomic mass is 10.1. The van der Waals surface area contributed by atoms with E-state index < -0.39 is 82.1 Å². The van der Waals surface area contributed by atoms with Gasteiger partial charge in [-0.25, -0.2) is 23.7 Å². The lowest BCUT2D eigenvalue weighted by Crippen LogP contribution is -2.11. The summed E-state index contributed by atoms with van der Waals surface area (Å²) in [5, 5.41) is 60.3. The number of methoxy groups -OCH3 is 1. The summed E-state index contributed by atoms with van der Waals surface area (Å²) in [6.07, 6.45) is 0. The highest BCUT2D eigenvalue weighted by Gasteiger charge is 2.26. The third-order valence-corrected chi connectivity index (χ3v) is 10.2. The second-order valence-electron chi connectivity index (χ2n) is 9.92. The molecule has 52 heavy (non-hydrogen) atoms. The molecule has 21 nitrogen and oxygen atoms in total. The van der Waals surface area contributed by atoms with Gasteiger partial charge < -0.3 is 20.7 Å². The molecule has 25 heteroatoms. The highest BCUT2D eigenvalue weighted by Crippen LogP contribution is 2.50. The molecular weight excluding hydrogens is 779 g/mol. The van der Waals surface area contributed by atoms with Crippen LogP contribution in [0.15, 0.2) is 83.7 Å². The Balaban J connectivity index is 1.90. The van der Waals surface area contributed by atoms with E-state index in [0.29, 0.717) is 0 Å². The van der Waals surface area contributed by atoms with Crippen LogP contribution < -0.4 is 10.5 Å². The first-order valence-electron chi connectivity index (χ1n) is 13.7. The van der Waals surface area contributed by atoms with Gasteiger partial charge in [0, 0.05) is 0 Å². The summed E-state index contributed by atoms with van der Waals surface area (Å²) in [5.74, 6) is -2.72. The fraction of sp³-hybridized carbons (Fsp3) is 0.148. The number of anilines is 1. The van der Waals surface area contributed by atoms with Crippen molar-refractivity contribution in [3.8, 4) is 11.5 Å². The molecule has 0 radical (unpaired) electrons. The number of azo groups is 2. The molecule has 4 aromatic carbocycles. The number of nitrogens with zero attached hydrogens (tertiary/aromatic N) is 4. The van der Waals surface area contributed by atoms with Crippen LogP contribution in [-0.4, -0.2) is 67.6 Å². The van der Waals surface area contributed by atoms with Crippen LogP contribution in [0.3, 0.4) is 0 Å². The van der Waals surface area contributed by atoms with Gasteiger partial charge in [-0.3, -0.25) is 8.74 Å². The minimum Gasteiger partial charge on any atom is -0.505 e. The number of hydrogen-bond donors (Lipinski definition) is 6. The van der Waals surface area contributed by atoms with Crippen LogP contribution >= 0.6 is 24.4 Å². The number of carboxylic acids is 1. The SMILES string of the molecule is COc1cc(C)ccc1N=Nc1c(S(=O)(=O)O)cc2cc(SOOO)c(N=Nc3cc(S(=O)(=O)CCOSOOO)ccc3C(=O)O)c(O)c2c1N. The summed E-state index contributed by atoms with van der Waals surface area (Å²) < 4.78 is 79.2. The Labute approximate surface area is 301 Å². The predicted molar refractivity (Wildman–Crippen MR) is 180 cm³/mol. The number of carbonyl (C=O) groups is 1. The first-order chi connectivity index (χ1) is 24.6. The quantitative estimate of drug-likeness (QED) is 0.0127. The van der Waals surface area contributed by atoms with Crippen LogP contribution in [0.5, 0.6) is 11.5 Å². The van der Waals surface area contributed by atoms with Gasteiger partial charge in [0.25, 0.3) is 10.1 Å². The molecule has 0 fully saturated rings. The lowest BCUT2D eigenvalue weighted by Gasteiger charge is -2.14. The number of aromatic hydroxyl groups is 1. The summed E-state index contributed by atoms with van der Waals surface area (Å²) >= 11 is 0.367. The van der Waals surface area contributed by atoms with Gasteiger partial charge in [0.2, 0.25) is 0 Å². The molecule has 4 rings (SSSR count). The normalized spacial score (nSPS) is 12.3. The number of aromatic carboxylic acids is 1. The highest BCUT2D eigenvalue weighted by atomic mass is 32.2. The van der Waals surface area contributed by atoms with Crippen LogP contribution in [-0.2, 0) is 42.9 Å². The average Bonchev–Trinajstić information content (AvgIpc) is 3.09. The maximum Gasteiger partial charge on any atom is 0.337 e. The number of ether oxygens (including phenoxy) is 1. The van der Waals surface area contributed by atoms with E-state index >= 15 is 0 Å². The fourth-order valence-corrected chi connectivity index (χ4v) is 6.99. The Morgan fingerprint density at radius 1 is 0.904 bits per heavy atom. The highest BCUT2D eigenvalue weighted by molar-refractivity contribution is 7.94. The number of phenols is 1. The van der Waals surface area contributed by atoms with Crippen molar-refractivity contribution in [3.63, 3.8) is 0 Å². The third kappa shape index (κ3) is 9.47. The van der Waals surface area contributed by atoms with E-state index in [1.165, 1.54) is 13.2 Å². The molecule has 0 aromatic heterocycles. The lowest BCUT2D eigenvalue weighted by molar-refractivity contribution is -0.434. The molecule has 0 bridgehead atoms. The molecule has 278 valence electrons. The molecule has 0 unspecified atom stereocenters. The van der Waals surface area contributed by atoms with Gasteiger partial charge in [-0.2, -0.15) is 8.42 Å². The first kappa shape index (κ1) is 40.3. The molecule has 0 aliphatic carbocycles. The van der Waals surface area contributed by atoms with E-state index in [9.17, 15) is 36.4 Å². The van der Waals surface area contributed by atoms with Gasteiger partial charge in [0.15, 0.2) is 27.9 Å². The number of fused-ring (bicyclic) bond motifs is 1. The van der Waals surface area contributed by atoms with Crippen molar-refractivity contribution in [2.45, 2.75) is 21.6 Å². The number of nitrogen functional groups attached to an aromatic ring is 1. The Bertz CT molecular complexity index is 2270. The summed E-state index contributed by atoms with van der Waals surface area (Å²) in [5.41, 5.74) is 4.61. The van der Waals surface area contributed by atoms with Gasteiger partial charge in [0.1, 0.15) is 33.4 Å². The van der Waals surface area contributed by atoms with Crippen molar-refractivity contribution < 1.29 is 74.6 Å². The smallest absolute Gasteiger partial charge is 0.337 e. The molecule has 0 saturated heterocycles. The van der Waals surface area contributed by atoms with E-state index in [2.05, 4.69) is 39.2 Å². The Hall–Kier alpha value is -4.51. The standard InChI is InChI=1S/C27H25N5O16S4/c1-13-3-6-17(19(9-13)43-2)29-32-25-21(52(40,41)42)11-14-10-20(49-47-45-36)24(26(33)22(14)23(25)28)31-30-18-12-15(4-5-16(18)27(34)35)51(38,39)8-7-44-50-48-46-37/h3-6,9-12,33,36-37H,7-8,28H2,1-2H3,(H,34,35)(H,40,41,42). The van der Waals surface area contributed by atoms with Crippen LogP contribution in [0.1, 0.15) is 15.9 Å². The number of nitrogens with two attached hydrogens (primary N) is 1. The molecule has 0 heterocycles. The van der Waals surface area contributed by atoms with Crippen LogP contribution in [0.4, 0.5) is 28.4 Å². The molecule has 0 saturated carbocycles. The molecule has 7 N–H and O–H groups in total. The van der Waals surface area contributed by atoms with Gasteiger partial charge in [-0.1, -0.05) is 16.1 Å². The Morgan fingerprint density at radius 2 is 1.60 bits per heavy atom. The summed E-state index contributed by atoms with van der Waals surface area (Å²) in [7, 11) is -7.80. The summed E-state index contributed by atoms with van der Waals surface area (Å²) in [6.45, 7) is 1.34. The maximum atomic E-state index is 12.9. The Kier molecular flexibility index (Phi) is 13.4. The molecular formula is C27H25N5O16S4. The van der Waals surface area contributed by atoms with Gasteiger partial charge in [-0.15, -0.1) is 29.1 Å². The number of aryl methyl sites for hydroxylation is 1. The van der Waals surface area contributed by atoms with Crippen LogP contribution in [0.25, 0.3) is 10.8 Å². The maximum absolute atomic E-state index is 12.9. The third-order valence-electron chi connectivity index (χ3n) is 6.70. The van der Waals surface area contributed by atoms with E-state index in [1.54, 1.807) is 19.1 Å². The van der Waals surface area contributed by atoms with E-state index in [4.69, 9.17) is 25.2 Å². The van der Waals surface area contributed by atoms with Crippen molar-refractivity contribution in [1.82, 2.24) is 0 Å². The van der Waals surface area contributed by atoms with Gasteiger partial charge in [-0.05, 0) is 60.3 Å². The molecule has 4 aromatic rings. The number of carboxylic acid groups (broad SMARTS) is 1. The zero-order valence-electron chi connectivity index (χ0n) is 26.3. The van der Waals surface area contributed by atoms with Crippen molar-refractivity contribution >= 4 is 89.5 Å². The number of hydrogen-bond acceptors (Lipinski definition) is 21. The van der Waals surface area contributed by atoms with Crippen LogP contribution in [0, 0.1) is 6.92 Å². The number of benzene rings is 4. The van der Waals surface area contributed by atoms with Crippen LogP contribution in [0.2, 0.25) is 0 Å². The molecule has 0 aliphatic heterocycles. The minimum atomic E-state index is -5.04. The Morgan fingerprint density at radius 3 is 2.25 bits per heavy atom. The molecule has 0 aliphatic rings. The van der Waals surface area contributed by atoms with Gasteiger partial charge >= 0.3 is 5.97 Å². The zero-order chi connectivity index (χ0) is 38.2. The molecule has 0 spiro atoms. The topological polar surface area (TPSA) is 317 Å². The minimum absolute atomic E-state index is 0.145. The first-order valence-corrected chi connectivity index (χ1v) is 18.2. The van der Waals surface area contributed by atoms with Crippen molar-refractivity contribution in [1.29, 1.82) is 0 Å². The van der Waals surface area contributed by atoms with E-state index in [0.717, 1.165) is 35.9 Å². The van der Waals surface area contributed by atoms with Crippen molar-refractivity contribution in [2.24, 2.45) is 20.5 Å². The van der Waals surface area contributed by atoms with Crippen molar-refractivity contribution in [2.75, 3.05) is 25.2 Å². The summed E-state index contributed by atoms with van der Waals surface area (Å²) in [4.78, 5) is 10.5. The van der Waals surface area contributed by atoms with Crippen molar-refractivity contribution in [3.05, 3.63) is 59.7 Å². The fourth-order valence-electron chi connectivity index (χ4n) is 4.39.